The van der Waals surface area contributed by atoms with Crippen LogP contribution in [-0.2, 0) is 11.2 Å². The van der Waals surface area contributed by atoms with Gasteiger partial charge in [-0.25, -0.2) is 18.7 Å². The van der Waals surface area contributed by atoms with E-state index in [1.54, 1.807) is 0 Å². The van der Waals surface area contributed by atoms with Gasteiger partial charge >= 0.3 is 0 Å². The zero-order valence-corrected chi connectivity index (χ0v) is 15.8. The van der Waals surface area contributed by atoms with Crippen molar-refractivity contribution in [1.82, 2.24) is 30.7 Å². The quantitative estimate of drug-likeness (QED) is 0.584. The van der Waals surface area contributed by atoms with E-state index in [-0.39, 0.29) is 17.7 Å². The van der Waals surface area contributed by atoms with Crippen molar-refractivity contribution in [3.05, 3.63) is 47.4 Å². The zero-order chi connectivity index (χ0) is 20.2. The Labute approximate surface area is 166 Å². The van der Waals surface area contributed by atoms with Crippen LogP contribution in [0.2, 0.25) is 0 Å². The first-order chi connectivity index (χ1) is 14.1. The first-order valence-corrected chi connectivity index (χ1v) is 9.30. The van der Waals surface area contributed by atoms with Crippen LogP contribution >= 0.6 is 0 Å². The Morgan fingerprint density at radius 1 is 1.28 bits per heavy atom. The van der Waals surface area contributed by atoms with Crippen molar-refractivity contribution in [1.29, 1.82) is 0 Å². The van der Waals surface area contributed by atoms with Gasteiger partial charge in [0, 0.05) is 37.0 Å². The van der Waals surface area contributed by atoms with Crippen LogP contribution < -0.4 is 10.6 Å². The summed E-state index contributed by atoms with van der Waals surface area (Å²) in [5, 5.41) is 17.6. The lowest BCUT2D eigenvalue weighted by Gasteiger charge is -2.23. The van der Waals surface area contributed by atoms with Gasteiger partial charge in [0.25, 0.3) is 6.43 Å². The van der Waals surface area contributed by atoms with Gasteiger partial charge in [0.05, 0.1) is 18.4 Å². The minimum absolute atomic E-state index is 0.0421. The number of ether oxygens (including phenoxy) is 1. The van der Waals surface area contributed by atoms with E-state index in [1.807, 2.05) is 25.1 Å². The lowest BCUT2D eigenvalue weighted by atomic mass is 10.0. The van der Waals surface area contributed by atoms with Gasteiger partial charge in [-0.05, 0) is 36.8 Å². The monoisotopic (exact) mass is 401 g/mol. The normalized spacial score (nSPS) is 16.9. The molecular formula is C19H21F2N7O. The summed E-state index contributed by atoms with van der Waals surface area (Å²) in [6, 6.07) is 6.94. The molecule has 4 rings (SSSR count). The van der Waals surface area contributed by atoms with E-state index in [4.69, 9.17) is 4.74 Å². The van der Waals surface area contributed by atoms with Gasteiger partial charge in [0.1, 0.15) is 11.4 Å². The van der Waals surface area contributed by atoms with Crippen LogP contribution in [0.15, 0.2) is 30.5 Å². The van der Waals surface area contributed by atoms with E-state index in [2.05, 4.69) is 36.0 Å². The molecule has 0 spiro atoms. The number of nitrogens with one attached hydrogen (secondary N) is 3. The van der Waals surface area contributed by atoms with Crippen molar-refractivity contribution in [3.8, 4) is 11.3 Å². The minimum Gasteiger partial charge on any atom is -0.375 e. The number of anilines is 2. The number of H-pyrrole nitrogens is 1. The van der Waals surface area contributed by atoms with Gasteiger partial charge in [-0.1, -0.05) is 0 Å². The predicted octanol–water partition coefficient (Wildman–Crippen LogP) is 2.78. The predicted molar refractivity (Wildman–Crippen MR) is 103 cm³/mol. The Hall–Kier alpha value is -2.98. The maximum Gasteiger partial charge on any atom is 0.280 e. The van der Waals surface area contributed by atoms with Crippen LogP contribution in [-0.4, -0.2) is 51.2 Å². The van der Waals surface area contributed by atoms with Crippen molar-refractivity contribution in [2.24, 2.45) is 0 Å². The summed E-state index contributed by atoms with van der Waals surface area (Å²) >= 11 is 0. The number of hydrogen-bond acceptors (Lipinski definition) is 7. The molecule has 152 valence electrons. The molecule has 1 saturated heterocycles. The summed E-state index contributed by atoms with van der Waals surface area (Å²) in [5.41, 5.74) is 3.72. The molecule has 10 heteroatoms. The van der Waals surface area contributed by atoms with Gasteiger partial charge in [-0.15, -0.1) is 0 Å². The number of rotatable bonds is 6. The van der Waals surface area contributed by atoms with E-state index in [0.29, 0.717) is 18.7 Å². The SMILES string of the molecule is Cc1cc(Nc2nccc(C(F)F)n2)cc(-c2n[nH]nc2CC2CNCCO2)c1. The van der Waals surface area contributed by atoms with Crippen molar-refractivity contribution in [2.45, 2.75) is 25.9 Å². The molecular weight excluding hydrogens is 380 g/mol. The number of aromatic amines is 1. The standard InChI is InChI=1S/C19H21F2N7O/c1-11-6-12(17-16(26-28-27-17)9-14-10-22-4-5-29-14)8-13(7-11)24-19-23-3-2-15(25-19)18(20)21/h2-3,6-8,14,18,22H,4-5,9-10H2,1H3,(H,23,24,25)(H,26,27,28). The number of aromatic nitrogens is 5. The third kappa shape index (κ3) is 4.72. The highest BCUT2D eigenvalue weighted by Gasteiger charge is 2.19. The molecule has 3 aromatic rings. The second kappa shape index (κ2) is 8.58. The summed E-state index contributed by atoms with van der Waals surface area (Å²) in [4.78, 5) is 7.88. The third-order valence-corrected chi connectivity index (χ3v) is 4.55. The molecule has 1 aromatic carbocycles. The van der Waals surface area contributed by atoms with E-state index in [0.717, 1.165) is 35.6 Å². The number of aryl methyl sites for hydroxylation is 1. The van der Waals surface area contributed by atoms with Crippen LogP contribution in [0.5, 0.6) is 0 Å². The highest BCUT2D eigenvalue weighted by molar-refractivity contribution is 5.69. The van der Waals surface area contributed by atoms with E-state index < -0.39 is 6.43 Å². The molecule has 29 heavy (non-hydrogen) atoms. The Kier molecular flexibility index (Phi) is 5.72. The molecule has 0 radical (unpaired) electrons. The first-order valence-electron chi connectivity index (χ1n) is 9.30. The fourth-order valence-corrected chi connectivity index (χ4v) is 3.27. The van der Waals surface area contributed by atoms with E-state index >= 15 is 0 Å². The molecule has 0 bridgehead atoms. The molecule has 0 saturated carbocycles. The summed E-state index contributed by atoms with van der Waals surface area (Å²) in [5.74, 6) is 0.112. The second-order valence-corrected chi connectivity index (χ2v) is 6.84. The Balaban J connectivity index is 1.58. The van der Waals surface area contributed by atoms with Gasteiger partial charge in [-0.2, -0.15) is 15.4 Å². The van der Waals surface area contributed by atoms with E-state index in [9.17, 15) is 8.78 Å². The average Bonchev–Trinajstić information content (AvgIpc) is 3.16. The van der Waals surface area contributed by atoms with Gasteiger partial charge in [0.2, 0.25) is 5.95 Å². The topological polar surface area (TPSA) is 101 Å². The lowest BCUT2D eigenvalue weighted by Crippen LogP contribution is -2.39. The van der Waals surface area contributed by atoms with Crippen molar-refractivity contribution in [3.63, 3.8) is 0 Å². The molecule has 2 aromatic heterocycles. The summed E-state index contributed by atoms with van der Waals surface area (Å²) in [6.45, 7) is 4.24. The second-order valence-electron chi connectivity index (χ2n) is 6.84. The van der Waals surface area contributed by atoms with Crippen LogP contribution in [0.4, 0.5) is 20.4 Å². The molecule has 0 amide bonds. The Morgan fingerprint density at radius 3 is 2.97 bits per heavy atom. The summed E-state index contributed by atoms with van der Waals surface area (Å²) in [6.07, 6.45) is -0.669. The number of alkyl halides is 2. The largest absolute Gasteiger partial charge is 0.375 e. The number of benzene rings is 1. The van der Waals surface area contributed by atoms with Crippen LogP contribution in [0.25, 0.3) is 11.3 Å². The maximum atomic E-state index is 12.9. The molecule has 1 aliphatic heterocycles. The average molecular weight is 401 g/mol. The molecule has 3 heterocycles. The molecule has 1 unspecified atom stereocenters. The highest BCUT2D eigenvalue weighted by atomic mass is 19.3. The minimum atomic E-state index is -2.65. The van der Waals surface area contributed by atoms with Crippen molar-refractivity contribution < 1.29 is 13.5 Å². The van der Waals surface area contributed by atoms with Crippen LogP contribution in [0.1, 0.15) is 23.4 Å². The summed E-state index contributed by atoms with van der Waals surface area (Å²) in [7, 11) is 0. The van der Waals surface area contributed by atoms with Crippen molar-refractivity contribution >= 4 is 11.6 Å². The number of halogens is 2. The fraction of sp³-hybridized carbons (Fsp3) is 0.368. The number of morpholine rings is 1. The fourth-order valence-electron chi connectivity index (χ4n) is 3.27. The molecule has 3 N–H and O–H groups in total. The molecule has 1 atom stereocenters. The maximum absolute atomic E-state index is 12.9. The van der Waals surface area contributed by atoms with Gasteiger partial charge < -0.3 is 15.4 Å². The first kappa shape index (κ1) is 19.3. The Bertz CT molecular complexity index is 973. The van der Waals surface area contributed by atoms with Gasteiger partial charge in [-0.3, -0.25) is 0 Å². The smallest absolute Gasteiger partial charge is 0.280 e. The zero-order valence-electron chi connectivity index (χ0n) is 15.8. The lowest BCUT2D eigenvalue weighted by molar-refractivity contribution is 0.0287. The van der Waals surface area contributed by atoms with E-state index in [1.165, 1.54) is 12.3 Å². The van der Waals surface area contributed by atoms with Crippen LogP contribution in [0.3, 0.4) is 0 Å². The molecule has 1 fully saturated rings. The van der Waals surface area contributed by atoms with Crippen molar-refractivity contribution in [2.75, 3.05) is 25.0 Å². The number of nitrogens with zero attached hydrogens (tertiary/aromatic N) is 4. The molecule has 8 nitrogen and oxygen atoms in total. The van der Waals surface area contributed by atoms with Crippen LogP contribution in [0, 0.1) is 6.92 Å². The third-order valence-electron chi connectivity index (χ3n) is 4.55. The van der Waals surface area contributed by atoms with Gasteiger partial charge in [0.15, 0.2) is 0 Å². The number of hydrogen-bond donors (Lipinski definition) is 3. The summed E-state index contributed by atoms with van der Waals surface area (Å²) < 4.78 is 31.5. The Morgan fingerprint density at radius 2 is 2.17 bits per heavy atom. The highest BCUT2D eigenvalue weighted by Crippen LogP contribution is 2.27. The molecule has 1 aliphatic rings. The molecule has 0 aliphatic carbocycles.